The van der Waals surface area contributed by atoms with Crippen LogP contribution in [0.5, 0.6) is 0 Å². The molecule has 5 rings (SSSR count). The van der Waals surface area contributed by atoms with Gasteiger partial charge in [0, 0.05) is 41.8 Å². The number of hydrogen-bond acceptors (Lipinski definition) is 8. The minimum absolute atomic E-state index is 0.292. The van der Waals surface area contributed by atoms with E-state index < -0.39 is 0 Å². The van der Waals surface area contributed by atoms with Gasteiger partial charge in [-0.1, -0.05) is 12.1 Å². The van der Waals surface area contributed by atoms with Gasteiger partial charge in [0.25, 0.3) is 5.91 Å². The van der Waals surface area contributed by atoms with E-state index in [-0.39, 0.29) is 5.91 Å². The Hall–Kier alpha value is -3.34. The highest BCUT2D eigenvalue weighted by Gasteiger charge is 2.17. The number of aromatic amines is 1. The Kier molecular flexibility index (Phi) is 6.03. The molecule has 0 unspecified atom stereocenters. The lowest BCUT2D eigenvalue weighted by atomic mass is 10.2. The molecule has 3 N–H and O–H groups in total. The van der Waals surface area contributed by atoms with E-state index in [0.717, 1.165) is 43.1 Å². The van der Waals surface area contributed by atoms with Crippen molar-refractivity contribution >= 4 is 44.8 Å². The SMILES string of the molecule is Cc1sc2nc(Nc3cn[nH]c3C(=O)Nc3ccc(CN4CCOCC4)cc3)ncc2c1C. The van der Waals surface area contributed by atoms with Crippen LogP contribution >= 0.6 is 11.3 Å². The van der Waals surface area contributed by atoms with Gasteiger partial charge in [0.15, 0.2) is 0 Å². The number of aromatic nitrogens is 4. The number of H-pyrrole nitrogens is 1. The lowest BCUT2D eigenvalue weighted by Gasteiger charge is -2.26. The van der Waals surface area contributed by atoms with Gasteiger partial charge in [0.1, 0.15) is 10.5 Å². The number of fused-ring (bicyclic) bond motifs is 1. The van der Waals surface area contributed by atoms with E-state index in [9.17, 15) is 4.79 Å². The van der Waals surface area contributed by atoms with Crippen LogP contribution in [0.25, 0.3) is 10.2 Å². The molecule has 4 aromatic rings. The maximum Gasteiger partial charge on any atom is 0.275 e. The zero-order chi connectivity index (χ0) is 22.8. The molecular formula is C23H25N7O2S. The van der Waals surface area contributed by atoms with Gasteiger partial charge >= 0.3 is 0 Å². The average Bonchev–Trinajstić information content (AvgIpc) is 3.40. The van der Waals surface area contributed by atoms with Crippen LogP contribution in [0, 0.1) is 13.8 Å². The standard InChI is InChI=1S/C23H25N7O2S/c1-14-15(2)33-22-18(14)11-24-23(28-22)27-19-12-25-29-20(19)21(31)26-17-5-3-16(4-6-17)13-30-7-9-32-10-8-30/h3-6,11-12H,7-10,13H2,1-2H3,(H,25,29)(H,26,31)(H,24,27,28). The Morgan fingerprint density at radius 3 is 2.76 bits per heavy atom. The van der Waals surface area contributed by atoms with Gasteiger partial charge in [-0.05, 0) is 37.1 Å². The molecule has 1 amide bonds. The summed E-state index contributed by atoms with van der Waals surface area (Å²) in [5, 5.41) is 13.9. The monoisotopic (exact) mass is 463 g/mol. The number of benzene rings is 1. The highest BCUT2D eigenvalue weighted by molar-refractivity contribution is 7.18. The highest BCUT2D eigenvalue weighted by atomic mass is 32.1. The fraction of sp³-hybridized carbons (Fsp3) is 0.304. The molecule has 0 aliphatic carbocycles. The third-order valence-corrected chi connectivity index (χ3v) is 6.89. The zero-order valence-corrected chi connectivity index (χ0v) is 19.3. The normalized spacial score (nSPS) is 14.5. The second-order valence-electron chi connectivity index (χ2n) is 8.02. The molecule has 10 heteroatoms. The maximum absolute atomic E-state index is 12.9. The number of carbonyl (C=O) groups is 1. The fourth-order valence-corrected chi connectivity index (χ4v) is 4.75. The number of ether oxygens (including phenoxy) is 1. The quantitative estimate of drug-likeness (QED) is 0.398. The maximum atomic E-state index is 12.9. The molecule has 33 heavy (non-hydrogen) atoms. The van der Waals surface area contributed by atoms with Crippen LogP contribution in [0.4, 0.5) is 17.3 Å². The number of aryl methyl sites for hydroxylation is 2. The summed E-state index contributed by atoms with van der Waals surface area (Å²) in [6.07, 6.45) is 3.36. The first kappa shape index (κ1) is 21.5. The molecule has 1 aliphatic rings. The number of morpholine rings is 1. The van der Waals surface area contributed by atoms with Gasteiger partial charge in [-0.25, -0.2) is 9.97 Å². The molecule has 1 aliphatic heterocycles. The Labute approximate surface area is 195 Å². The van der Waals surface area contributed by atoms with Crippen molar-refractivity contribution in [2.45, 2.75) is 20.4 Å². The number of anilines is 3. The first-order chi connectivity index (χ1) is 16.1. The van der Waals surface area contributed by atoms with Crippen molar-refractivity contribution in [1.29, 1.82) is 0 Å². The Balaban J connectivity index is 1.25. The predicted octanol–water partition coefficient (Wildman–Crippen LogP) is 3.86. The number of hydrogen-bond donors (Lipinski definition) is 3. The van der Waals surface area contributed by atoms with Crippen LogP contribution < -0.4 is 10.6 Å². The van der Waals surface area contributed by atoms with Gasteiger partial charge in [-0.3, -0.25) is 14.8 Å². The molecule has 0 bridgehead atoms. The lowest BCUT2D eigenvalue weighted by Crippen LogP contribution is -2.35. The first-order valence-electron chi connectivity index (χ1n) is 10.8. The predicted molar refractivity (Wildman–Crippen MR) is 129 cm³/mol. The third-order valence-electron chi connectivity index (χ3n) is 5.77. The summed E-state index contributed by atoms with van der Waals surface area (Å²) in [5.74, 6) is 0.131. The van der Waals surface area contributed by atoms with E-state index in [2.05, 4.69) is 49.5 Å². The fourth-order valence-electron chi connectivity index (χ4n) is 3.75. The van der Waals surface area contributed by atoms with Crippen molar-refractivity contribution in [3.63, 3.8) is 0 Å². The number of nitrogens with zero attached hydrogens (tertiary/aromatic N) is 4. The summed E-state index contributed by atoms with van der Waals surface area (Å²) in [5.41, 5.74) is 3.94. The van der Waals surface area contributed by atoms with E-state index in [0.29, 0.717) is 23.0 Å². The zero-order valence-electron chi connectivity index (χ0n) is 18.5. The average molecular weight is 464 g/mol. The van der Waals surface area contributed by atoms with Crippen LogP contribution in [0.1, 0.15) is 26.5 Å². The number of nitrogens with one attached hydrogen (secondary N) is 3. The molecule has 0 spiro atoms. The molecule has 0 radical (unpaired) electrons. The van der Waals surface area contributed by atoms with Gasteiger partial charge in [0.05, 0.1) is 25.1 Å². The van der Waals surface area contributed by atoms with Crippen molar-refractivity contribution in [1.82, 2.24) is 25.1 Å². The molecule has 1 fully saturated rings. The van der Waals surface area contributed by atoms with Crippen molar-refractivity contribution in [3.8, 4) is 0 Å². The molecular weight excluding hydrogens is 438 g/mol. The van der Waals surface area contributed by atoms with Gasteiger partial charge < -0.3 is 15.4 Å². The van der Waals surface area contributed by atoms with Crippen LogP contribution in [0.2, 0.25) is 0 Å². The van der Waals surface area contributed by atoms with E-state index in [4.69, 9.17) is 4.74 Å². The van der Waals surface area contributed by atoms with E-state index in [1.54, 1.807) is 17.5 Å². The second kappa shape index (κ2) is 9.26. The molecule has 4 heterocycles. The van der Waals surface area contributed by atoms with Crippen molar-refractivity contribution in [2.75, 3.05) is 36.9 Å². The van der Waals surface area contributed by atoms with Gasteiger partial charge in [-0.15, -0.1) is 11.3 Å². The number of thiophene rings is 1. The molecule has 3 aromatic heterocycles. The van der Waals surface area contributed by atoms with Crippen molar-refractivity contribution < 1.29 is 9.53 Å². The highest BCUT2D eigenvalue weighted by Crippen LogP contribution is 2.29. The van der Waals surface area contributed by atoms with E-state index in [1.165, 1.54) is 16.0 Å². The topological polar surface area (TPSA) is 108 Å². The second-order valence-corrected chi connectivity index (χ2v) is 9.22. The first-order valence-corrected chi connectivity index (χ1v) is 11.6. The Bertz CT molecular complexity index is 1280. The smallest absolute Gasteiger partial charge is 0.275 e. The third kappa shape index (κ3) is 4.72. The molecule has 0 saturated carbocycles. The molecule has 9 nitrogen and oxygen atoms in total. The number of amides is 1. The van der Waals surface area contributed by atoms with Crippen molar-refractivity contribution in [2.24, 2.45) is 0 Å². The lowest BCUT2D eigenvalue weighted by molar-refractivity contribution is 0.0342. The van der Waals surface area contributed by atoms with Crippen LogP contribution in [-0.2, 0) is 11.3 Å². The largest absolute Gasteiger partial charge is 0.379 e. The Morgan fingerprint density at radius 1 is 1.18 bits per heavy atom. The van der Waals surface area contributed by atoms with Crippen LogP contribution in [-0.4, -0.2) is 57.3 Å². The molecule has 1 aromatic carbocycles. The van der Waals surface area contributed by atoms with Crippen LogP contribution in [0.3, 0.4) is 0 Å². The number of carbonyl (C=O) groups excluding carboxylic acids is 1. The van der Waals surface area contributed by atoms with E-state index in [1.807, 2.05) is 30.5 Å². The van der Waals surface area contributed by atoms with Crippen LogP contribution in [0.15, 0.2) is 36.7 Å². The minimum Gasteiger partial charge on any atom is -0.379 e. The summed E-state index contributed by atoms with van der Waals surface area (Å²) in [6, 6.07) is 7.89. The number of rotatable bonds is 6. The summed E-state index contributed by atoms with van der Waals surface area (Å²) >= 11 is 1.63. The molecule has 0 atom stereocenters. The minimum atomic E-state index is -0.292. The van der Waals surface area contributed by atoms with E-state index >= 15 is 0 Å². The van der Waals surface area contributed by atoms with Crippen molar-refractivity contribution in [3.05, 3.63) is 58.4 Å². The molecule has 1 saturated heterocycles. The Morgan fingerprint density at radius 2 is 1.97 bits per heavy atom. The molecule has 170 valence electrons. The summed E-state index contributed by atoms with van der Waals surface area (Å²) < 4.78 is 5.40. The van der Waals surface area contributed by atoms with Gasteiger partial charge in [0.2, 0.25) is 5.95 Å². The summed E-state index contributed by atoms with van der Waals surface area (Å²) in [4.78, 5) is 26.3. The summed E-state index contributed by atoms with van der Waals surface area (Å²) in [7, 11) is 0. The summed E-state index contributed by atoms with van der Waals surface area (Å²) in [6.45, 7) is 8.45. The van der Waals surface area contributed by atoms with Gasteiger partial charge in [-0.2, -0.15) is 5.10 Å².